The molecule has 0 fully saturated rings. The number of amides is 1. The van der Waals surface area contributed by atoms with E-state index in [-0.39, 0.29) is 11.9 Å². The fraction of sp³-hybridized carbons (Fsp3) is 0.357. The fourth-order valence-electron chi connectivity index (χ4n) is 1.85. The number of hydrazine groups is 1. The molecule has 0 bridgehead atoms. The Morgan fingerprint density at radius 1 is 1.26 bits per heavy atom. The summed E-state index contributed by atoms with van der Waals surface area (Å²) in [5, 5.41) is 2.63. The Bertz CT molecular complexity index is 554. The van der Waals surface area contributed by atoms with Crippen LogP contribution in [0, 0.1) is 0 Å². The van der Waals surface area contributed by atoms with Crippen molar-refractivity contribution >= 4 is 23.5 Å². The van der Waals surface area contributed by atoms with Crippen LogP contribution in [-0.4, -0.2) is 37.5 Å². The molecule has 0 aliphatic rings. The molecule has 1 rings (SSSR count). The number of ether oxygens (including phenoxy) is 1. The lowest BCUT2D eigenvalue weighted by atomic mass is 10.1. The average molecular weight is 322 g/mol. The number of nitrogens with two attached hydrogens (primary N) is 3. The molecule has 0 saturated heterocycles. The Morgan fingerprint density at radius 2 is 1.91 bits per heavy atom. The summed E-state index contributed by atoms with van der Waals surface area (Å²) in [4.78, 5) is 27.8. The maximum absolute atomic E-state index is 12.2. The van der Waals surface area contributed by atoms with Gasteiger partial charge in [0.2, 0.25) is 0 Å². The van der Waals surface area contributed by atoms with Crippen molar-refractivity contribution in [1.82, 2.24) is 5.32 Å². The second-order valence-electron chi connectivity index (χ2n) is 4.72. The number of benzene rings is 1. The number of carbonyl (C=O) groups excluding carboxylic acids is 2. The third-order valence-corrected chi connectivity index (χ3v) is 3.05. The molecule has 8 N–H and O–H groups in total. The fourth-order valence-corrected chi connectivity index (χ4v) is 1.85. The van der Waals surface area contributed by atoms with Crippen molar-refractivity contribution in [2.45, 2.75) is 18.9 Å². The first-order chi connectivity index (χ1) is 11.0. The molecule has 0 radical (unpaired) electrons. The van der Waals surface area contributed by atoms with Gasteiger partial charge in [-0.2, -0.15) is 0 Å². The van der Waals surface area contributed by atoms with Crippen LogP contribution in [0.2, 0.25) is 0 Å². The third kappa shape index (κ3) is 6.22. The van der Waals surface area contributed by atoms with Gasteiger partial charge in [0, 0.05) is 17.8 Å². The lowest BCUT2D eigenvalue weighted by molar-refractivity contribution is -0.143. The molecule has 9 nitrogen and oxygen atoms in total. The van der Waals surface area contributed by atoms with E-state index >= 15 is 0 Å². The number of carbonyl (C=O) groups is 2. The zero-order valence-electron chi connectivity index (χ0n) is 12.9. The summed E-state index contributed by atoms with van der Waals surface area (Å²) in [6, 6.07) is 5.73. The molecule has 1 amide bonds. The van der Waals surface area contributed by atoms with Gasteiger partial charge in [-0.1, -0.05) is 0 Å². The van der Waals surface area contributed by atoms with Crippen molar-refractivity contribution in [3.63, 3.8) is 0 Å². The highest BCUT2D eigenvalue weighted by atomic mass is 16.5. The number of guanidine groups is 1. The third-order valence-electron chi connectivity index (χ3n) is 3.05. The first-order valence-corrected chi connectivity index (χ1v) is 6.98. The van der Waals surface area contributed by atoms with Crippen LogP contribution in [0.1, 0.15) is 23.2 Å². The number of hydrogen-bond acceptors (Lipinski definition) is 6. The van der Waals surface area contributed by atoms with E-state index in [2.05, 4.69) is 15.7 Å². The lowest BCUT2D eigenvalue weighted by Gasteiger charge is -2.16. The molecule has 23 heavy (non-hydrogen) atoms. The zero-order chi connectivity index (χ0) is 17.2. The molecule has 0 aliphatic heterocycles. The Hall–Kier alpha value is -2.81. The van der Waals surface area contributed by atoms with Gasteiger partial charge in [0.25, 0.3) is 5.91 Å². The normalized spacial score (nSPS) is 11.2. The number of hydrogen-bond donors (Lipinski definition) is 5. The standard InChI is InChI=1S/C14H22N6O3/c1-23-13(22)11(3-2-8-18-14(15)16)19-12(21)9-4-6-10(20-17)7-5-9/h4-7,11,20H,2-3,8,17H2,1H3,(H,19,21)(H4,15,16,18)/t11-/m0/s1. The summed E-state index contributed by atoms with van der Waals surface area (Å²) < 4.78 is 4.70. The highest BCUT2D eigenvalue weighted by Crippen LogP contribution is 2.09. The number of rotatable bonds is 8. The molecule has 0 saturated carbocycles. The summed E-state index contributed by atoms with van der Waals surface area (Å²) in [5.74, 6) is 4.34. The van der Waals surface area contributed by atoms with Crippen molar-refractivity contribution in [3.8, 4) is 0 Å². The molecule has 0 spiro atoms. The molecule has 126 valence electrons. The van der Waals surface area contributed by atoms with E-state index in [1.807, 2.05) is 0 Å². The van der Waals surface area contributed by atoms with Gasteiger partial charge in [-0.3, -0.25) is 15.6 Å². The minimum absolute atomic E-state index is 0.0164. The van der Waals surface area contributed by atoms with Crippen LogP contribution in [0.15, 0.2) is 29.3 Å². The highest BCUT2D eigenvalue weighted by molar-refractivity contribution is 5.97. The average Bonchev–Trinajstić information content (AvgIpc) is 2.56. The number of anilines is 1. The van der Waals surface area contributed by atoms with E-state index in [0.717, 1.165) is 0 Å². The van der Waals surface area contributed by atoms with Crippen LogP contribution < -0.4 is 28.1 Å². The number of nitrogens with zero attached hydrogens (tertiary/aromatic N) is 1. The van der Waals surface area contributed by atoms with Crippen molar-refractivity contribution in [1.29, 1.82) is 0 Å². The number of aliphatic imine (C=N–C) groups is 1. The number of methoxy groups -OCH3 is 1. The minimum Gasteiger partial charge on any atom is -0.467 e. The summed E-state index contributed by atoms with van der Waals surface area (Å²) in [6.45, 7) is 0.364. The van der Waals surface area contributed by atoms with E-state index < -0.39 is 12.0 Å². The summed E-state index contributed by atoms with van der Waals surface area (Å²) in [6.07, 6.45) is 0.881. The summed E-state index contributed by atoms with van der Waals surface area (Å²) in [5.41, 5.74) is 14.0. The van der Waals surface area contributed by atoms with Crippen molar-refractivity contribution < 1.29 is 14.3 Å². The summed E-state index contributed by atoms with van der Waals surface area (Å²) in [7, 11) is 1.26. The number of nitrogen functional groups attached to an aromatic ring is 1. The Kier molecular flexibility index (Phi) is 7.34. The van der Waals surface area contributed by atoms with Crippen LogP contribution in [0.3, 0.4) is 0 Å². The maximum atomic E-state index is 12.2. The van der Waals surface area contributed by atoms with Gasteiger partial charge in [0.1, 0.15) is 6.04 Å². The van der Waals surface area contributed by atoms with Gasteiger partial charge in [0.15, 0.2) is 5.96 Å². The smallest absolute Gasteiger partial charge is 0.328 e. The van der Waals surface area contributed by atoms with Crippen molar-refractivity contribution in [2.24, 2.45) is 22.3 Å². The molecule has 0 aliphatic carbocycles. The van der Waals surface area contributed by atoms with Gasteiger partial charge in [-0.15, -0.1) is 0 Å². The number of esters is 1. The Labute approximate surface area is 134 Å². The molecule has 1 aromatic rings. The predicted octanol–water partition coefficient (Wildman–Crippen LogP) is -0.703. The number of nitrogens with one attached hydrogen (secondary N) is 2. The van der Waals surface area contributed by atoms with Crippen LogP contribution >= 0.6 is 0 Å². The van der Waals surface area contributed by atoms with E-state index in [1.165, 1.54) is 7.11 Å². The molecule has 1 aromatic carbocycles. The van der Waals surface area contributed by atoms with Crippen molar-refractivity contribution in [3.05, 3.63) is 29.8 Å². The molecule has 9 heteroatoms. The predicted molar refractivity (Wildman–Crippen MR) is 87.4 cm³/mol. The van der Waals surface area contributed by atoms with Crippen LogP contribution in [-0.2, 0) is 9.53 Å². The van der Waals surface area contributed by atoms with Crippen LogP contribution in [0.5, 0.6) is 0 Å². The molecule has 1 atom stereocenters. The van der Waals surface area contributed by atoms with Gasteiger partial charge >= 0.3 is 5.97 Å². The second kappa shape index (κ2) is 9.26. The van der Waals surface area contributed by atoms with Gasteiger partial charge < -0.3 is 26.9 Å². The SMILES string of the molecule is COC(=O)[C@H](CCCN=C(N)N)NC(=O)c1ccc(NN)cc1. The highest BCUT2D eigenvalue weighted by Gasteiger charge is 2.21. The van der Waals surface area contributed by atoms with E-state index in [4.69, 9.17) is 22.0 Å². The minimum atomic E-state index is -0.769. The first-order valence-electron chi connectivity index (χ1n) is 6.98. The quantitative estimate of drug-likeness (QED) is 0.106. The van der Waals surface area contributed by atoms with Crippen molar-refractivity contribution in [2.75, 3.05) is 19.1 Å². The Balaban J connectivity index is 2.65. The molecule has 0 heterocycles. The van der Waals surface area contributed by atoms with Gasteiger partial charge in [-0.05, 0) is 37.1 Å². The van der Waals surface area contributed by atoms with Crippen LogP contribution in [0.4, 0.5) is 5.69 Å². The van der Waals surface area contributed by atoms with E-state index in [1.54, 1.807) is 24.3 Å². The first kappa shape index (κ1) is 18.2. The summed E-state index contributed by atoms with van der Waals surface area (Å²) >= 11 is 0. The second-order valence-corrected chi connectivity index (χ2v) is 4.72. The van der Waals surface area contributed by atoms with Crippen LogP contribution in [0.25, 0.3) is 0 Å². The zero-order valence-corrected chi connectivity index (χ0v) is 12.9. The molecular formula is C14H22N6O3. The molecule has 0 aromatic heterocycles. The lowest BCUT2D eigenvalue weighted by Crippen LogP contribution is -2.41. The van der Waals surface area contributed by atoms with Gasteiger partial charge in [-0.25, -0.2) is 4.79 Å². The van der Waals surface area contributed by atoms with Gasteiger partial charge in [0.05, 0.1) is 7.11 Å². The topological polar surface area (TPSA) is 158 Å². The maximum Gasteiger partial charge on any atom is 0.328 e. The largest absolute Gasteiger partial charge is 0.467 e. The van der Waals surface area contributed by atoms with E-state index in [9.17, 15) is 9.59 Å². The van der Waals surface area contributed by atoms with E-state index in [0.29, 0.717) is 30.6 Å². The Morgan fingerprint density at radius 3 is 2.43 bits per heavy atom. The molecular weight excluding hydrogens is 300 g/mol. The monoisotopic (exact) mass is 322 g/mol. The molecule has 0 unspecified atom stereocenters.